The van der Waals surface area contributed by atoms with Crippen LogP contribution in [0.4, 0.5) is 0 Å². The van der Waals surface area contributed by atoms with Crippen molar-refractivity contribution >= 4 is 29.9 Å². The minimum atomic E-state index is 0. The maximum absolute atomic E-state index is 5.90. The van der Waals surface area contributed by atoms with E-state index in [1.54, 1.807) is 0 Å². The molecule has 1 heterocycles. The second kappa shape index (κ2) is 13.6. The molecule has 0 saturated carbocycles. The van der Waals surface area contributed by atoms with E-state index in [2.05, 4.69) is 29.1 Å². The van der Waals surface area contributed by atoms with Crippen molar-refractivity contribution in [1.82, 2.24) is 10.2 Å². The molecular formula is C16H35IN4. The predicted molar refractivity (Wildman–Crippen MR) is 104 cm³/mol. The first kappa shape index (κ1) is 21.0. The molecule has 1 aliphatic rings. The molecule has 1 aliphatic heterocycles. The minimum absolute atomic E-state index is 0. The molecule has 0 bridgehead atoms. The fraction of sp³-hybridized carbons (Fsp3) is 0.938. The van der Waals surface area contributed by atoms with Crippen molar-refractivity contribution in [2.45, 2.75) is 58.8 Å². The monoisotopic (exact) mass is 410 g/mol. The number of aliphatic imine (C=N–C) groups is 1. The lowest BCUT2D eigenvalue weighted by Crippen LogP contribution is -2.36. The first-order chi connectivity index (χ1) is 9.72. The van der Waals surface area contributed by atoms with Gasteiger partial charge >= 0.3 is 0 Å². The SMILES string of the molecule is CCCCCCNC(N)=NCC(C)CN1CCCCC1.I. The zero-order valence-corrected chi connectivity index (χ0v) is 16.3. The summed E-state index contributed by atoms with van der Waals surface area (Å²) in [5, 5.41) is 3.21. The molecule has 0 aromatic rings. The molecule has 0 aliphatic carbocycles. The summed E-state index contributed by atoms with van der Waals surface area (Å²) < 4.78 is 0. The summed E-state index contributed by atoms with van der Waals surface area (Å²) >= 11 is 0. The number of guanidine groups is 1. The number of halogens is 1. The van der Waals surface area contributed by atoms with Gasteiger partial charge in [-0.15, -0.1) is 24.0 Å². The fourth-order valence-electron chi connectivity index (χ4n) is 2.72. The molecular weight excluding hydrogens is 375 g/mol. The van der Waals surface area contributed by atoms with E-state index in [1.165, 1.54) is 58.0 Å². The summed E-state index contributed by atoms with van der Waals surface area (Å²) in [7, 11) is 0. The molecule has 3 N–H and O–H groups in total. The first-order valence-corrected chi connectivity index (χ1v) is 8.48. The molecule has 0 amide bonds. The number of unbranched alkanes of at least 4 members (excludes halogenated alkanes) is 3. The van der Waals surface area contributed by atoms with E-state index >= 15 is 0 Å². The number of hydrogen-bond donors (Lipinski definition) is 2. The summed E-state index contributed by atoms with van der Waals surface area (Å²) in [5.41, 5.74) is 5.90. The maximum Gasteiger partial charge on any atom is 0.188 e. The highest BCUT2D eigenvalue weighted by Gasteiger charge is 2.12. The standard InChI is InChI=1S/C16H34N4.HI/c1-3-4-5-7-10-18-16(17)19-13-15(2)14-20-11-8-6-9-12-20;/h15H,3-14H2,1-2H3,(H3,17,18,19);1H. The van der Waals surface area contributed by atoms with Gasteiger partial charge in [-0.05, 0) is 38.3 Å². The largest absolute Gasteiger partial charge is 0.370 e. The third kappa shape index (κ3) is 11.2. The van der Waals surface area contributed by atoms with Crippen LogP contribution in [-0.2, 0) is 0 Å². The summed E-state index contributed by atoms with van der Waals surface area (Å²) in [6, 6.07) is 0. The molecule has 126 valence electrons. The fourth-order valence-corrected chi connectivity index (χ4v) is 2.72. The van der Waals surface area contributed by atoms with E-state index in [4.69, 9.17) is 5.73 Å². The summed E-state index contributed by atoms with van der Waals surface area (Å²) in [6.45, 7) is 9.98. The van der Waals surface area contributed by atoms with Crippen LogP contribution in [0.1, 0.15) is 58.8 Å². The van der Waals surface area contributed by atoms with Gasteiger partial charge in [0.05, 0.1) is 0 Å². The number of hydrogen-bond acceptors (Lipinski definition) is 2. The molecule has 4 nitrogen and oxygen atoms in total. The van der Waals surface area contributed by atoms with E-state index in [9.17, 15) is 0 Å². The topological polar surface area (TPSA) is 53.6 Å². The third-order valence-electron chi connectivity index (χ3n) is 3.93. The number of nitrogens with one attached hydrogen (secondary N) is 1. The van der Waals surface area contributed by atoms with E-state index in [0.29, 0.717) is 11.9 Å². The van der Waals surface area contributed by atoms with Gasteiger partial charge in [-0.25, -0.2) is 0 Å². The third-order valence-corrected chi connectivity index (χ3v) is 3.93. The van der Waals surface area contributed by atoms with Gasteiger partial charge in [-0.1, -0.05) is 39.5 Å². The summed E-state index contributed by atoms with van der Waals surface area (Å²) in [4.78, 5) is 7.03. The molecule has 1 saturated heterocycles. The number of nitrogens with two attached hydrogens (primary N) is 1. The van der Waals surface area contributed by atoms with Crippen LogP contribution in [0.25, 0.3) is 0 Å². The Labute approximate surface area is 148 Å². The van der Waals surface area contributed by atoms with Crippen molar-refractivity contribution < 1.29 is 0 Å². The zero-order chi connectivity index (χ0) is 14.6. The summed E-state index contributed by atoms with van der Waals surface area (Å²) in [5.74, 6) is 1.21. The highest BCUT2D eigenvalue weighted by molar-refractivity contribution is 14.0. The maximum atomic E-state index is 5.90. The molecule has 21 heavy (non-hydrogen) atoms. The van der Waals surface area contributed by atoms with Crippen LogP contribution in [0, 0.1) is 5.92 Å². The number of likely N-dealkylation sites (tertiary alicyclic amines) is 1. The minimum Gasteiger partial charge on any atom is -0.370 e. The molecule has 0 spiro atoms. The van der Waals surface area contributed by atoms with Crippen LogP contribution in [-0.4, -0.2) is 43.6 Å². The highest BCUT2D eigenvalue weighted by atomic mass is 127. The Morgan fingerprint density at radius 2 is 1.90 bits per heavy atom. The Morgan fingerprint density at radius 3 is 2.57 bits per heavy atom. The van der Waals surface area contributed by atoms with Gasteiger partial charge in [0.15, 0.2) is 5.96 Å². The van der Waals surface area contributed by atoms with Crippen molar-refractivity contribution in [3.8, 4) is 0 Å². The zero-order valence-electron chi connectivity index (χ0n) is 13.9. The second-order valence-electron chi connectivity index (χ2n) is 6.18. The average molecular weight is 410 g/mol. The van der Waals surface area contributed by atoms with Crippen LogP contribution in [0.2, 0.25) is 0 Å². The van der Waals surface area contributed by atoms with Crippen LogP contribution in [0.5, 0.6) is 0 Å². The molecule has 0 aromatic carbocycles. The van der Waals surface area contributed by atoms with Crippen molar-refractivity contribution in [2.75, 3.05) is 32.7 Å². The molecule has 1 atom stereocenters. The van der Waals surface area contributed by atoms with E-state index < -0.39 is 0 Å². The van der Waals surface area contributed by atoms with Crippen molar-refractivity contribution in [1.29, 1.82) is 0 Å². The second-order valence-corrected chi connectivity index (χ2v) is 6.18. The van der Waals surface area contributed by atoms with Gasteiger partial charge in [-0.2, -0.15) is 0 Å². The molecule has 1 unspecified atom stereocenters. The van der Waals surface area contributed by atoms with Crippen molar-refractivity contribution in [3.63, 3.8) is 0 Å². The highest BCUT2D eigenvalue weighted by Crippen LogP contribution is 2.10. The average Bonchev–Trinajstić information content (AvgIpc) is 2.46. The van der Waals surface area contributed by atoms with Gasteiger partial charge in [0.1, 0.15) is 0 Å². The Kier molecular flexibility index (Phi) is 13.6. The molecule has 1 fully saturated rings. The van der Waals surface area contributed by atoms with Crippen molar-refractivity contribution in [3.05, 3.63) is 0 Å². The van der Waals surface area contributed by atoms with Gasteiger partial charge in [0.2, 0.25) is 0 Å². The lowest BCUT2D eigenvalue weighted by molar-refractivity contribution is 0.203. The van der Waals surface area contributed by atoms with Gasteiger partial charge in [0.25, 0.3) is 0 Å². The normalized spacial score (nSPS) is 18.1. The number of nitrogens with zero attached hydrogens (tertiary/aromatic N) is 2. The Bertz CT molecular complexity index is 265. The Hall–Kier alpha value is -0.0400. The van der Waals surface area contributed by atoms with E-state index in [-0.39, 0.29) is 24.0 Å². The Balaban J connectivity index is 0.00000400. The van der Waals surface area contributed by atoms with Crippen LogP contribution in [0.3, 0.4) is 0 Å². The Morgan fingerprint density at radius 1 is 1.19 bits per heavy atom. The van der Waals surface area contributed by atoms with E-state index in [1.807, 2.05) is 0 Å². The van der Waals surface area contributed by atoms with Crippen molar-refractivity contribution in [2.24, 2.45) is 16.6 Å². The van der Waals surface area contributed by atoms with Gasteiger partial charge < -0.3 is 16.0 Å². The summed E-state index contributed by atoms with van der Waals surface area (Å²) in [6.07, 6.45) is 9.17. The smallest absolute Gasteiger partial charge is 0.188 e. The lowest BCUT2D eigenvalue weighted by atomic mass is 10.1. The molecule has 0 radical (unpaired) electrons. The molecule has 5 heteroatoms. The first-order valence-electron chi connectivity index (χ1n) is 8.48. The van der Waals surface area contributed by atoms with Crippen LogP contribution < -0.4 is 11.1 Å². The van der Waals surface area contributed by atoms with Gasteiger partial charge in [-0.3, -0.25) is 4.99 Å². The predicted octanol–water partition coefficient (Wildman–Crippen LogP) is 3.21. The molecule has 1 rings (SSSR count). The van der Waals surface area contributed by atoms with Crippen LogP contribution >= 0.6 is 24.0 Å². The number of rotatable bonds is 9. The van der Waals surface area contributed by atoms with Gasteiger partial charge in [0, 0.05) is 19.6 Å². The number of piperidine rings is 1. The van der Waals surface area contributed by atoms with E-state index in [0.717, 1.165) is 19.6 Å². The molecule has 0 aromatic heterocycles. The quantitative estimate of drug-likeness (QED) is 0.266. The van der Waals surface area contributed by atoms with Crippen LogP contribution in [0.15, 0.2) is 4.99 Å². The lowest BCUT2D eigenvalue weighted by Gasteiger charge is -2.28.